The molecule has 0 radical (unpaired) electrons. The van der Waals surface area contributed by atoms with Crippen molar-refractivity contribution in [3.63, 3.8) is 0 Å². The van der Waals surface area contributed by atoms with E-state index in [1.807, 2.05) is 0 Å². The average Bonchev–Trinajstić information content (AvgIpc) is 3.13. The third kappa shape index (κ3) is 4.26. The molecule has 0 saturated heterocycles. The van der Waals surface area contributed by atoms with Gasteiger partial charge in [0.25, 0.3) is 0 Å². The fraction of sp³-hybridized carbons (Fsp3) is 0.929. The zero-order valence-corrected chi connectivity index (χ0v) is 26.4. The van der Waals surface area contributed by atoms with E-state index in [4.69, 9.17) is 18.3 Å². The lowest BCUT2D eigenvalue weighted by Crippen LogP contribution is -2.51. The van der Waals surface area contributed by atoms with Gasteiger partial charge in [0.15, 0.2) is 16.6 Å². The maximum absolute atomic E-state index is 13.8. The lowest BCUT2D eigenvalue weighted by molar-refractivity contribution is -0.170. The second-order valence-corrected chi connectivity index (χ2v) is 23.8. The molecular weight excluding hydrogens is 488 g/mol. The molecule has 0 aromatic carbocycles. The highest BCUT2D eigenvalue weighted by molar-refractivity contribution is 6.70. The van der Waals surface area contributed by atoms with Gasteiger partial charge in [-0.2, -0.15) is 0 Å². The lowest BCUT2D eigenvalue weighted by Gasteiger charge is -2.52. The van der Waals surface area contributed by atoms with Crippen LogP contribution in [0.25, 0.3) is 0 Å². The normalized spacial score (nSPS) is 44.1. The molecule has 206 valence electrons. The Balaban J connectivity index is 1.86. The summed E-state index contributed by atoms with van der Waals surface area (Å²) in [6, 6.07) is 0. The Kier molecular flexibility index (Phi) is 7.01. The summed E-state index contributed by atoms with van der Waals surface area (Å²) in [5.41, 5.74) is -1.31. The molecule has 2 bridgehead atoms. The van der Waals surface area contributed by atoms with Gasteiger partial charge in [0, 0.05) is 12.5 Å². The van der Waals surface area contributed by atoms with Crippen LogP contribution in [0.1, 0.15) is 58.8 Å². The van der Waals surface area contributed by atoms with Crippen LogP contribution in [0, 0.1) is 39.9 Å². The number of carbonyl (C=O) groups excluding carboxylic acids is 2. The summed E-state index contributed by atoms with van der Waals surface area (Å²) in [7, 11) is -0.607. The predicted molar refractivity (Wildman–Crippen MR) is 145 cm³/mol. The molecule has 4 fully saturated rings. The monoisotopic (exact) mass is 538 g/mol. The quantitative estimate of drug-likeness (QED) is 0.291. The van der Waals surface area contributed by atoms with Gasteiger partial charge in [-0.25, -0.2) is 0 Å². The number of carbonyl (C=O) groups is 2. The summed E-state index contributed by atoms with van der Waals surface area (Å²) in [6.45, 7) is 18.7. The highest BCUT2D eigenvalue weighted by Crippen LogP contribution is 2.79. The molecule has 0 heterocycles. The Bertz CT molecular complexity index is 895. The van der Waals surface area contributed by atoms with Gasteiger partial charge in [-0.3, -0.25) is 9.59 Å². The third-order valence-corrected chi connectivity index (χ3v) is 12.5. The SMILES string of the molecule is COC(=O)[C@H]1[C@H]2[C@@](C)(CCC[C@@]2(C)C(=O)OC)[C@@H]2CC[C@]3(O[Si](C)(C)C)C[C@]12C[C@@H]3CO[Si](C)(C)C. The molecule has 4 rings (SSSR count). The second-order valence-electron chi connectivity index (χ2n) is 14.9. The van der Waals surface area contributed by atoms with Gasteiger partial charge in [-0.05, 0) is 107 Å². The van der Waals surface area contributed by atoms with Gasteiger partial charge < -0.3 is 18.3 Å². The van der Waals surface area contributed by atoms with Gasteiger partial charge in [-0.1, -0.05) is 13.3 Å². The standard InChI is InChI=1S/C28H50O6Si2/c1-25-13-11-14-26(2,24(30)32-4)22(25)21(23(29)31-3)27-16-19(17-33-35(5,6)7)28(18-27,15-12-20(25)27)34-36(8,9)10/h19-22H,11-18H2,1-10H3/t19-,20+,21-,22+,25+,26-,27+,28+/m1/s1. The van der Waals surface area contributed by atoms with Crippen LogP contribution in [-0.2, 0) is 27.9 Å². The van der Waals surface area contributed by atoms with E-state index in [0.29, 0.717) is 12.5 Å². The van der Waals surface area contributed by atoms with Crippen LogP contribution in [0.3, 0.4) is 0 Å². The van der Waals surface area contributed by atoms with Crippen molar-refractivity contribution in [2.45, 2.75) is 104 Å². The topological polar surface area (TPSA) is 71.1 Å². The smallest absolute Gasteiger partial charge is 0.311 e. The largest absolute Gasteiger partial charge is 0.469 e. The predicted octanol–water partition coefficient (Wildman–Crippen LogP) is 6.02. The number of fused-ring (bicyclic) bond motifs is 3. The van der Waals surface area contributed by atoms with E-state index in [1.54, 1.807) is 0 Å². The Labute approximate surface area is 220 Å². The average molecular weight is 539 g/mol. The summed E-state index contributed by atoms with van der Waals surface area (Å²) in [5.74, 6) is -0.142. The molecule has 6 nitrogen and oxygen atoms in total. The maximum Gasteiger partial charge on any atom is 0.311 e. The maximum atomic E-state index is 13.8. The molecule has 8 atom stereocenters. The van der Waals surface area contributed by atoms with E-state index in [2.05, 4.69) is 53.1 Å². The molecule has 8 heteroatoms. The number of hydrogen-bond donors (Lipinski definition) is 0. The molecule has 4 aliphatic rings. The van der Waals surface area contributed by atoms with Crippen LogP contribution in [-0.4, -0.2) is 55.0 Å². The number of ether oxygens (including phenoxy) is 2. The first-order valence-corrected chi connectivity index (χ1v) is 20.8. The van der Waals surface area contributed by atoms with Gasteiger partial charge >= 0.3 is 11.9 Å². The van der Waals surface area contributed by atoms with Crippen molar-refractivity contribution in [1.82, 2.24) is 0 Å². The molecule has 0 N–H and O–H groups in total. The van der Waals surface area contributed by atoms with E-state index >= 15 is 0 Å². The van der Waals surface area contributed by atoms with Crippen LogP contribution >= 0.6 is 0 Å². The molecule has 36 heavy (non-hydrogen) atoms. The molecule has 0 aromatic rings. The third-order valence-electron chi connectivity index (χ3n) is 10.4. The Morgan fingerprint density at radius 3 is 2.14 bits per heavy atom. The molecule has 0 unspecified atom stereocenters. The Morgan fingerprint density at radius 1 is 0.917 bits per heavy atom. The van der Waals surface area contributed by atoms with Crippen molar-refractivity contribution in [3.05, 3.63) is 0 Å². The molecule has 0 aromatic heterocycles. The number of methoxy groups -OCH3 is 2. The highest BCUT2D eigenvalue weighted by atomic mass is 28.4. The first kappa shape index (κ1) is 28.3. The van der Waals surface area contributed by atoms with Crippen LogP contribution in [0.5, 0.6) is 0 Å². The van der Waals surface area contributed by atoms with Crippen molar-refractivity contribution < 1.29 is 27.9 Å². The minimum absolute atomic E-state index is 0.0945. The van der Waals surface area contributed by atoms with Gasteiger partial charge in [0.2, 0.25) is 0 Å². The Hall–Kier alpha value is -0.706. The number of rotatable bonds is 7. The zero-order chi connectivity index (χ0) is 26.9. The summed E-state index contributed by atoms with van der Waals surface area (Å²) in [6.07, 6.45) is 6.61. The number of hydrogen-bond acceptors (Lipinski definition) is 6. The summed E-state index contributed by atoms with van der Waals surface area (Å²) in [4.78, 5) is 27.2. The van der Waals surface area contributed by atoms with E-state index < -0.39 is 22.0 Å². The Morgan fingerprint density at radius 2 is 1.58 bits per heavy atom. The van der Waals surface area contributed by atoms with Crippen molar-refractivity contribution in [2.24, 2.45) is 39.9 Å². The van der Waals surface area contributed by atoms with Crippen LogP contribution in [0.15, 0.2) is 0 Å². The molecule has 4 aliphatic carbocycles. The lowest BCUT2D eigenvalue weighted by atomic mass is 9.53. The minimum atomic E-state index is -1.88. The van der Waals surface area contributed by atoms with E-state index in [0.717, 1.165) is 44.9 Å². The van der Waals surface area contributed by atoms with Crippen molar-refractivity contribution in [1.29, 1.82) is 0 Å². The van der Waals surface area contributed by atoms with Crippen LogP contribution < -0.4 is 0 Å². The van der Waals surface area contributed by atoms with Crippen LogP contribution in [0.2, 0.25) is 39.3 Å². The summed E-state index contributed by atoms with van der Waals surface area (Å²) >= 11 is 0. The summed E-state index contributed by atoms with van der Waals surface area (Å²) < 4.78 is 24.6. The van der Waals surface area contributed by atoms with E-state index in [1.165, 1.54) is 14.2 Å². The minimum Gasteiger partial charge on any atom is -0.469 e. The fourth-order valence-electron chi connectivity index (χ4n) is 9.74. The van der Waals surface area contributed by atoms with Crippen molar-refractivity contribution in [3.8, 4) is 0 Å². The molecular formula is C28H50O6Si2. The summed E-state index contributed by atoms with van der Waals surface area (Å²) in [5, 5.41) is 0. The van der Waals surface area contributed by atoms with Crippen molar-refractivity contribution >= 4 is 28.6 Å². The van der Waals surface area contributed by atoms with E-state index in [-0.39, 0.29) is 46.1 Å². The van der Waals surface area contributed by atoms with E-state index in [9.17, 15) is 9.59 Å². The highest BCUT2D eigenvalue weighted by Gasteiger charge is 2.78. The zero-order valence-electron chi connectivity index (χ0n) is 24.4. The fourth-order valence-corrected chi connectivity index (χ4v) is 12.0. The molecule has 1 spiro atoms. The molecule has 0 amide bonds. The van der Waals surface area contributed by atoms with Crippen molar-refractivity contribution in [2.75, 3.05) is 20.8 Å². The van der Waals surface area contributed by atoms with Gasteiger partial charge in [-0.15, -0.1) is 0 Å². The first-order chi connectivity index (χ1) is 16.5. The number of esters is 2. The van der Waals surface area contributed by atoms with Gasteiger partial charge in [0.05, 0.1) is 31.2 Å². The van der Waals surface area contributed by atoms with Gasteiger partial charge in [0.1, 0.15) is 0 Å². The first-order valence-electron chi connectivity index (χ1n) is 14.0. The molecule has 4 saturated carbocycles. The molecule has 0 aliphatic heterocycles. The second kappa shape index (κ2) is 8.92. The van der Waals surface area contributed by atoms with Crippen LogP contribution in [0.4, 0.5) is 0 Å².